The molecule has 0 aromatic carbocycles. The van der Waals surface area contributed by atoms with Crippen LogP contribution < -0.4 is 10.6 Å². The molecule has 1 saturated heterocycles. The maximum absolute atomic E-state index is 8.93. The van der Waals surface area contributed by atoms with Crippen LogP contribution in [0.3, 0.4) is 0 Å². The Kier molecular flexibility index (Phi) is 4.30. The number of pyridine rings is 1. The molecule has 0 unspecified atom stereocenters. The van der Waals surface area contributed by atoms with Gasteiger partial charge in [-0.15, -0.1) is 0 Å². The third-order valence-corrected chi connectivity index (χ3v) is 2.89. The van der Waals surface area contributed by atoms with E-state index in [9.17, 15) is 0 Å². The fourth-order valence-electron chi connectivity index (χ4n) is 1.92. The van der Waals surface area contributed by atoms with Crippen molar-refractivity contribution >= 4 is 5.69 Å². The molecule has 0 aliphatic carbocycles. The maximum Gasteiger partial charge on any atom is 0.101 e. The molecule has 5 heteroatoms. The fourth-order valence-corrected chi connectivity index (χ4v) is 1.92. The monoisotopic (exact) mass is 231 g/mol. The van der Waals surface area contributed by atoms with Gasteiger partial charge in [-0.3, -0.25) is 9.88 Å². The lowest BCUT2D eigenvalue weighted by atomic mass is 10.2. The Balaban J connectivity index is 1.79. The van der Waals surface area contributed by atoms with Crippen molar-refractivity contribution in [2.45, 2.75) is 0 Å². The molecule has 2 N–H and O–H groups in total. The van der Waals surface area contributed by atoms with E-state index < -0.39 is 0 Å². The molecule has 1 aromatic heterocycles. The quantitative estimate of drug-likeness (QED) is 0.779. The van der Waals surface area contributed by atoms with E-state index in [-0.39, 0.29) is 0 Å². The second-order valence-corrected chi connectivity index (χ2v) is 4.05. The van der Waals surface area contributed by atoms with Gasteiger partial charge >= 0.3 is 0 Å². The van der Waals surface area contributed by atoms with E-state index in [0.717, 1.165) is 45.0 Å². The zero-order valence-corrected chi connectivity index (χ0v) is 9.82. The third kappa shape index (κ3) is 3.41. The zero-order chi connectivity index (χ0) is 11.9. The highest BCUT2D eigenvalue weighted by atomic mass is 15.2. The lowest BCUT2D eigenvalue weighted by molar-refractivity contribution is 0.249. The number of hydrogen-bond donors (Lipinski definition) is 2. The molecule has 0 atom stereocenters. The summed E-state index contributed by atoms with van der Waals surface area (Å²) in [5.41, 5.74) is 1.48. The largest absolute Gasteiger partial charge is 0.381 e. The molecule has 17 heavy (non-hydrogen) atoms. The molecule has 0 radical (unpaired) electrons. The molecule has 0 spiro atoms. The van der Waals surface area contributed by atoms with Crippen molar-refractivity contribution in [3.63, 3.8) is 0 Å². The van der Waals surface area contributed by atoms with Crippen LogP contribution in [0.25, 0.3) is 0 Å². The molecule has 5 nitrogen and oxygen atoms in total. The van der Waals surface area contributed by atoms with Crippen LogP contribution in [0.4, 0.5) is 5.69 Å². The predicted molar refractivity (Wildman–Crippen MR) is 66.8 cm³/mol. The van der Waals surface area contributed by atoms with Gasteiger partial charge in [-0.1, -0.05) is 0 Å². The number of nitrogens with zero attached hydrogens (tertiary/aromatic N) is 3. The summed E-state index contributed by atoms with van der Waals surface area (Å²) in [6.45, 7) is 6.17. The van der Waals surface area contributed by atoms with Gasteiger partial charge in [0, 0.05) is 45.5 Å². The minimum Gasteiger partial charge on any atom is -0.381 e. The summed E-state index contributed by atoms with van der Waals surface area (Å²) in [5, 5.41) is 15.5. The fraction of sp³-hybridized carbons (Fsp3) is 0.500. The van der Waals surface area contributed by atoms with Gasteiger partial charge in [-0.05, 0) is 6.07 Å². The van der Waals surface area contributed by atoms with E-state index in [1.807, 2.05) is 0 Å². The summed E-state index contributed by atoms with van der Waals surface area (Å²) >= 11 is 0. The standard InChI is InChI=1S/C12H17N5/c13-9-11-1-2-15-10-12(11)16-5-8-17-6-3-14-4-7-17/h1-2,10,14,16H,3-8H2. The number of piperazine rings is 1. The topological polar surface area (TPSA) is 64.0 Å². The van der Waals surface area contributed by atoms with Crippen molar-refractivity contribution in [3.05, 3.63) is 24.0 Å². The van der Waals surface area contributed by atoms with Gasteiger partial charge in [0.1, 0.15) is 6.07 Å². The predicted octanol–water partition coefficient (Wildman–Crippen LogP) is 0.270. The average molecular weight is 231 g/mol. The molecule has 0 saturated carbocycles. The molecule has 1 aliphatic rings. The third-order valence-electron chi connectivity index (χ3n) is 2.89. The summed E-state index contributed by atoms with van der Waals surface area (Å²) in [6, 6.07) is 3.89. The van der Waals surface area contributed by atoms with Gasteiger partial charge in [0.2, 0.25) is 0 Å². The number of anilines is 1. The molecule has 90 valence electrons. The van der Waals surface area contributed by atoms with Crippen LogP contribution >= 0.6 is 0 Å². The second kappa shape index (κ2) is 6.18. The number of hydrogen-bond acceptors (Lipinski definition) is 5. The van der Waals surface area contributed by atoms with E-state index in [1.54, 1.807) is 18.5 Å². The highest BCUT2D eigenvalue weighted by molar-refractivity contribution is 5.55. The number of rotatable bonds is 4. The Morgan fingerprint density at radius 3 is 3.06 bits per heavy atom. The number of nitriles is 1. The van der Waals surface area contributed by atoms with Gasteiger partial charge in [-0.2, -0.15) is 5.26 Å². The minimum atomic E-state index is 0.653. The molecule has 2 heterocycles. The van der Waals surface area contributed by atoms with E-state index in [0.29, 0.717) is 5.56 Å². The van der Waals surface area contributed by atoms with Gasteiger partial charge in [0.25, 0.3) is 0 Å². The van der Waals surface area contributed by atoms with Crippen molar-refractivity contribution in [1.29, 1.82) is 5.26 Å². The first kappa shape index (κ1) is 11.8. The van der Waals surface area contributed by atoms with Crippen molar-refractivity contribution in [2.24, 2.45) is 0 Å². The first-order valence-corrected chi connectivity index (χ1v) is 5.91. The highest BCUT2D eigenvalue weighted by Crippen LogP contribution is 2.10. The first-order chi connectivity index (χ1) is 8.40. The van der Waals surface area contributed by atoms with Gasteiger partial charge in [0.05, 0.1) is 17.4 Å². The van der Waals surface area contributed by atoms with E-state index in [1.165, 1.54) is 0 Å². The molecule has 1 fully saturated rings. The second-order valence-electron chi connectivity index (χ2n) is 4.05. The molecular formula is C12H17N5. The summed E-state index contributed by atoms with van der Waals surface area (Å²) in [6.07, 6.45) is 3.34. The smallest absolute Gasteiger partial charge is 0.101 e. The van der Waals surface area contributed by atoms with Crippen molar-refractivity contribution < 1.29 is 0 Å². The normalized spacial score (nSPS) is 16.4. The Hall–Kier alpha value is -1.64. The Morgan fingerprint density at radius 2 is 2.29 bits per heavy atom. The molecular weight excluding hydrogens is 214 g/mol. The van der Waals surface area contributed by atoms with Crippen LogP contribution in [0.15, 0.2) is 18.5 Å². The summed E-state index contributed by atoms with van der Waals surface area (Å²) in [4.78, 5) is 6.43. The number of nitrogens with one attached hydrogen (secondary N) is 2. The van der Waals surface area contributed by atoms with Crippen LogP contribution in [0.2, 0.25) is 0 Å². The van der Waals surface area contributed by atoms with Crippen LogP contribution in [0, 0.1) is 11.3 Å². The zero-order valence-electron chi connectivity index (χ0n) is 9.82. The van der Waals surface area contributed by atoms with E-state index >= 15 is 0 Å². The summed E-state index contributed by atoms with van der Waals surface area (Å²) < 4.78 is 0. The van der Waals surface area contributed by atoms with E-state index in [4.69, 9.17) is 5.26 Å². The highest BCUT2D eigenvalue weighted by Gasteiger charge is 2.08. The maximum atomic E-state index is 8.93. The van der Waals surface area contributed by atoms with Crippen LogP contribution in [0.1, 0.15) is 5.56 Å². The Bertz CT molecular complexity index is 392. The molecule has 1 aliphatic heterocycles. The van der Waals surface area contributed by atoms with Crippen molar-refractivity contribution in [2.75, 3.05) is 44.6 Å². The van der Waals surface area contributed by atoms with Crippen LogP contribution in [-0.2, 0) is 0 Å². The molecule has 0 bridgehead atoms. The summed E-state index contributed by atoms with van der Waals surface area (Å²) in [7, 11) is 0. The van der Waals surface area contributed by atoms with Gasteiger partial charge in [0.15, 0.2) is 0 Å². The lowest BCUT2D eigenvalue weighted by Crippen LogP contribution is -2.45. The number of aromatic nitrogens is 1. The van der Waals surface area contributed by atoms with Gasteiger partial charge < -0.3 is 10.6 Å². The van der Waals surface area contributed by atoms with Crippen molar-refractivity contribution in [3.8, 4) is 6.07 Å². The molecule has 2 rings (SSSR count). The van der Waals surface area contributed by atoms with E-state index in [2.05, 4.69) is 26.6 Å². The Morgan fingerprint density at radius 1 is 1.47 bits per heavy atom. The van der Waals surface area contributed by atoms with Crippen LogP contribution in [0.5, 0.6) is 0 Å². The Labute approximate surface area is 101 Å². The van der Waals surface area contributed by atoms with Crippen LogP contribution in [-0.4, -0.2) is 49.2 Å². The molecule has 0 amide bonds. The SMILES string of the molecule is N#Cc1ccncc1NCCN1CCNCC1. The van der Waals surface area contributed by atoms with Crippen molar-refractivity contribution in [1.82, 2.24) is 15.2 Å². The first-order valence-electron chi connectivity index (χ1n) is 5.91. The average Bonchev–Trinajstić information content (AvgIpc) is 2.40. The minimum absolute atomic E-state index is 0.653. The summed E-state index contributed by atoms with van der Waals surface area (Å²) in [5.74, 6) is 0. The molecule has 1 aromatic rings. The van der Waals surface area contributed by atoms with Gasteiger partial charge in [-0.25, -0.2) is 0 Å². The lowest BCUT2D eigenvalue weighted by Gasteiger charge is -2.27.